The highest BCUT2D eigenvalue weighted by Crippen LogP contribution is 2.61. The van der Waals surface area contributed by atoms with Gasteiger partial charge in [-0.25, -0.2) is 0 Å². The molecule has 0 unspecified atom stereocenters. The molecule has 0 bridgehead atoms. The molecule has 24 heavy (non-hydrogen) atoms. The van der Waals surface area contributed by atoms with Crippen LogP contribution in [0.5, 0.6) is 0 Å². The average molecular weight is 334 g/mol. The minimum Gasteiger partial charge on any atom is -0.481 e. The van der Waals surface area contributed by atoms with Crippen LogP contribution in [0.25, 0.3) is 0 Å². The van der Waals surface area contributed by atoms with Crippen LogP contribution in [0.2, 0.25) is 0 Å². The van der Waals surface area contributed by atoms with Crippen molar-refractivity contribution in [2.24, 2.45) is 16.2 Å². The highest BCUT2D eigenvalue weighted by Gasteiger charge is 2.68. The van der Waals surface area contributed by atoms with Crippen LogP contribution in [0.15, 0.2) is 30.3 Å². The van der Waals surface area contributed by atoms with Gasteiger partial charge in [0.2, 0.25) is 0 Å². The molecule has 0 saturated heterocycles. The fraction of sp³-hybridized carbons (Fsp3) is 0.579. The second-order valence-electron chi connectivity index (χ2n) is 7.91. The molecule has 1 fully saturated rings. The zero-order chi connectivity index (χ0) is 18.2. The first-order valence-corrected chi connectivity index (χ1v) is 8.26. The van der Waals surface area contributed by atoms with E-state index in [0.29, 0.717) is 6.42 Å². The van der Waals surface area contributed by atoms with Gasteiger partial charge in [0.15, 0.2) is 0 Å². The van der Waals surface area contributed by atoms with Crippen LogP contribution >= 0.6 is 0 Å². The zero-order valence-corrected chi connectivity index (χ0v) is 14.5. The van der Waals surface area contributed by atoms with Gasteiger partial charge in [-0.15, -0.1) is 0 Å². The van der Waals surface area contributed by atoms with Gasteiger partial charge < -0.3 is 15.3 Å². The van der Waals surface area contributed by atoms with Crippen LogP contribution in [0.1, 0.15) is 45.6 Å². The fourth-order valence-electron chi connectivity index (χ4n) is 4.54. The number of aliphatic carboxylic acids is 2. The van der Waals surface area contributed by atoms with Crippen molar-refractivity contribution in [2.75, 3.05) is 0 Å². The monoisotopic (exact) mass is 334 g/mol. The van der Waals surface area contributed by atoms with Crippen LogP contribution < -0.4 is 0 Å². The Kier molecular flexibility index (Phi) is 4.77. The minimum absolute atomic E-state index is 0.0548. The third kappa shape index (κ3) is 2.71. The largest absolute Gasteiger partial charge is 0.481 e. The van der Waals surface area contributed by atoms with E-state index in [1.54, 1.807) is 32.9 Å². The van der Waals surface area contributed by atoms with Gasteiger partial charge >= 0.3 is 11.9 Å². The van der Waals surface area contributed by atoms with Crippen LogP contribution in [0.4, 0.5) is 0 Å². The summed E-state index contributed by atoms with van der Waals surface area (Å²) in [7, 11) is 0. The first kappa shape index (κ1) is 18.5. The van der Waals surface area contributed by atoms with Crippen LogP contribution in [0.3, 0.4) is 0 Å². The molecule has 0 heterocycles. The molecule has 0 radical (unpaired) electrons. The summed E-state index contributed by atoms with van der Waals surface area (Å²) in [6, 6.07) is 9.07. The summed E-state index contributed by atoms with van der Waals surface area (Å²) >= 11 is 0. The Morgan fingerprint density at radius 1 is 1.12 bits per heavy atom. The summed E-state index contributed by atoms with van der Waals surface area (Å²) in [6.45, 7) is 5.34. The number of carboxylic acids is 2. The predicted molar refractivity (Wildman–Crippen MR) is 89.6 cm³/mol. The van der Waals surface area contributed by atoms with E-state index in [0.717, 1.165) is 5.56 Å². The Morgan fingerprint density at radius 2 is 1.71 bits per heavy atom. The third-order valence-corrected chi connectivity index (χ3v) is 5.66. The summed E-state index contributed by atoms with van der Waals surface area (Å²) in [5, 5.41) is 30.5. The van der Waals surface area contributed by atoms with E-state index < -0.39 is 34.3 Å². The number of aliphatic hydroxyl groups excluding tert-OH is 1. The third-order valence-electron chi connectivity index (χ3n) is 5.66. The number of hydrogen-bond acceptors (Lipinski definition) is 3. The standard InChI is InChI=1S/C19H26O5/c1-17(2,3)19(16(23)24)10-9-14(20)12-18(19,15(21)22)11-13-7-5-4-6-8-13/h4-8,14,20H,9-12H2,1-3H3,(H,21,22)(H,23,24)/t14-,18+,19-/m0/s1. The maximum absolute atomic E-state index is 12.4. The van der Waals surface area contributed by atoms with Gasteiger partial charge in [-0.1, -0.05) is 51.1 Å². The van der Waals surface area contributed by atoms with E-state index in [4.69, 9.17) is 0 Å². The molecule has 0 spiro atoms. The van der Waals surface area contributed by atoms with E-state index in [2.05, 4.69) is 0 Å². The molecular formula is C19H26O5. The zero-order valence-electron chi connectivity index (χ0n) is 14.5. The molecule has 1 aromatic carbocycles. The van der Waals surface area contributed by atoms with Crippen molar-refractivity contribution in [3.05, 3.63) is 35.9 Å². The highest BCUT2D eigenvalue weighted by atomic mass is 16.4. The van der Waals surface area contributed by atoms with Crippen molar-refractivity contribution in [1.29, 1.82) is 0 Å². The second-order valence-corrected chi connectivity index (χ2v) is 7.91. The average Bonchev–Trinajstić information content (AvgIpc) is 2.46. The molecule has 0 aromatic heterocycles. The molecule has 3 N–H and O–H groups in total. The highest BCUT2D eigenvalue weighted by molar-refractivity contribution is 5.88. The predicted octanol–water partition coefficient (Wildman–Crippen LogP) is 2.96. The number of benzene rings is 1. The van der Waals surface area contributed by atoms with Gasteiger partial charge in [-0.05, 0) is 36.7 Å². The molecule has 132 valence electrons. The molecule has 5 heteroatoms. The first-order chi connectivity index (χ1) is 11.1. The Bertz CT molecular complexity index is 618. The molecule has 3 atom stereocenters. The second kappa shape index (κ2) is 6.20. The molecule has 1 saturated carbocycles. The van der Waals surface area contributed by atoms with Gasteiger partial charge in [0.05, 0.1) is 16.9 Å². The topological polar surface area (TPSA) is 94.8 Å². The Morgan fingerprint density at radius 3 is 2.17 bits per heavy atom. The summed E-state index contributed by atoms with van der Waals surface area (Å²) in [4.78, 5) is 24.8. The van der Waals surface area contributed by atoms with Crippen molar-refractivity contribution in [3.63, 3.8) is 0 Å². The lowest BCUT2D eigenvalue weighted by Gasteiger charge is -2.56. The molecule has 5 nitrogen and oxygen atoms in total. The van der Waals surface area contributed by atoms with E-state index in [-0.39, 0.29) is 19.3 Å². The smallest absolute Gasteiger partial charge is 0.311 e. The van der Waals surface area contributed by atoms with Crippen LogP contribution in [0, 0.1) is 16.2 Å². The van der Waals surface area contributed by atoms with Crippen LogP contribution in [-0.4, -0.2) is 33.4 Å². The lowest BCUT2D eigenvalue weighted by molar-refractivity contribution is -0.201. The van der Waals surface area contributed by atoms with Gasteiger partial charge in [0.25, 0.3) is 0 Å². The number of aliphatic hydroxyl groups is 1. The quantitative estimate of drug-likeness (QED) is 0.787. The van der Waals surface area contributed by atoms with E-state index in [9.17, 15) is 24.9 Å². The lowest BCUT2D eigenvalue weighted by Crippen LogP contribution is -2.63. The summed E-state index contributed by atoms with van der Waals surface area (Å²) < 4.78 is 0. The Balaban J connectivity index is 2.69. The maximum Gasteiger partial charge on any atom is 0.311 e. The molecule has 2 rings (SSSR count). The number of hydrogen-bond donors (Lipinski definition) is 3. The summed E-state index contributed by atoms with van der Waals surface area (Å²) in [5.74, 6) is -2.25. The molecule has 0 amide bonds. The molecule has 1 aromatic rings. The van der Waals surface area contributed by atoms with Gasteiger partial charge in [0.1, 0.15) is 0 Å². The van der Waals surface area contributed by atoms with E-state index >= 15 is 0 Å². The molecule has 0 aliphatic heterocycles. The van der Waals surface area contributed by atoms with Crippen molar-refractivity contribution in [2.45, 2.75) is 52.6 Å². The van der Waals surface area contributed by atoms with Crippen molar-refractivity contribution >= 4 is 11.9 Å². The number of carboxylic acid groups (broad SMARTS) is 2. The molecule has 1 aliphatic rings. The minimum atomic E-state index is -1.56. The van der Waals surface area contributed by atoms with Gasteiger partial charge in [0, 0.05) is 0 Å². The first-order valence-electron chi connectivity index (χ1n) is 8.26. The van der Waals surface area contributed by atoms with Gasteiger partial charge in [-0.2, -0.15) is 0 Å². The molecule has 1 aliphatic carbocycles. The number of rotatable bonds is 4. The lowest BCUT2D eigenvalue weighted by atomic mass is 9.45. The van der Waals surface area contributed by atoms with E-state index in [1.807, 2.05) is 18.2 Å². The van der Waals surface area contributed by atoms with Crippen molar-refractivity contribution < 1.29 is 24.9 Å². The maximum atomic E-state index is 12.4. The number of carbonyl (C=O) groups is 2. The Labute approximate surface area is 142 Å². The molecular weight excluding hydrogens is 308 g/mol. The summed E-state index contributed by atoms with van der Waals surface area (Å²) in [6.07, 6.45) is -0.330. The van der Waals surface area contributed by atoms with Crippen molar-refractivity contribution in [1.82, 2.24) is 0 Å². The summed E-state index contributed by atoms with van der Waals surface area (Å²) in [5.41, 5.74) is -3.02. The van der Waals surface area contributed by atoms with Gasteiger partial charge in [-0.3, -0.25) is 9.59 Å². The SMILES string of the molecule is CC(C)(C)[C@@]1(C(=O)O)CC[C@H](O)C[C@]1(Cc1ccccc1)C(=O)O. The van der Waals surface area contributed by atoms with E-state index in [1.165, 1.54) is 0 Å². The Hall–Kier alpha value is -1.88. The fourth-order valence-corrected chi connectivity index (χ4v) is 4.54. The van der Waals surface area contributed by atoms with Crippen LogP contribution in [-0.2, 0) is 16.0 Å². The van der Waals surface area contributed by atoms with Crippen molar-refractivity contribution in [3.8, 4) is 0 Å². The normalized spacial score (nSPS) is 30.8.